The van der Waals surface area contributed by atoms with E-state index in [1.54, 1.807) is 0 Å². The zero-order valence-corrected chi connectivity index (χ0v) is 13.3. The summed E-state index contributed by atoms with van der Waals surface area (Å²) in [6.45, 7) is 8.03. The molecule has 1 nitrogen and oxygen atoms in total. The third-order valence-corrected chi connectivity index (χ3v) is 3.81. The van der Waals surface area contributed by atoms with Crippen molar-refractivity contribution in [1.82, 2.24) is 0 Å². The van der Waals surface area contributed by atoms with Crippen LogP contribution >= 0.6 is 0 Å². The third-order valence-electron chi connectivity index (χ3n) is 3.81. The van der Waals surface area contributed by atoms with Crippen LogP contribution in [0.1, 0.15) is 30.0 Å². The normalized spacial score (nSPS) is 11.3. The number of hydrogen-bond donors (Lipinski definition) is 0. The number of hydrogen-bond acceptors (Lipinski definition) is 1. The van der Waals surface area contributed by atoms with Gasteiger partial charge >= 0.3 is 0 Å². The Morgan fingerprint density at radius 1 is 1.05 bits per heavy atom. The second-order valence-electron chi connectivity index (χ2n) is 5.58. The van der Waals surface area contributed by atoms with E-state index in [4.69, 9.17) is 0 Å². The maximum Gasteiger partial charge on any atom is 0.158 e. The van der Waals surface area contributed by atoms with Crippen LogP contribution in [0, 0.1) is 6.92 Å². The van der Waals surface area contributed by atoms with E-state index in [1.807, 2.05) is 49.4 Å². The van der Waals surface area contributed by atoms with E-state index < -0.39 is 0 Å². The van der Waals surface area contributed by atoms with E-state index in [1.165, 1.54) is 11.1 Å². The van der Waals surface area contributed by atoms with Crippen molar-refractivity contribution < 1.29 is 4.79 Å². The van der Waals surface area contributed by atoms with Crippen LogP contribution in [-0.4, -0.2) is 5.78 Å². The Bertz CT molecular complexity index is 693. The van der Waals surface area contributed by atoms with E-state index in [0.717, 1.165) is 23.1 Å². The molecule has 2 rings (SSSR count). The topological polar surface area (TPSA) is 17.1 Å². The molecule has 0 spiro atoms. The van der Waals surface area contributed by atoms with Crippen molar-refractivity contribution in [3.63, 3.8) is 0 Å². The predicted molar refractivity (Wildman–Crippen MR) is 93.7 cm³/mol. The minimum atomic E-state index is 0.179. The van der Waals surface area contributed by atoms with Gasteiger partial charge in [-0.2, -0.15) is 0 Å². The molecule has 0 aromatic heterocycles. The molecular weight excluding hydrogens is 268 g/mol. The summed E-state index contributed by atoms with van der Waals surface area (Å²) in [4.78, 5) is 12.3. The highest BCUT2D eigenvalue weighted by Gasteiger charge is 2.07. The number of aryl methyl sites for hydroxylation is 2. The number of benzene rings is 2. The summed E-state index contributed by atoms with van der Waals surface area (Å²) >= 11 is 0. The molecule has 0 atom stereocenters. The van der Waals surface area contributed by atoms with Crippen LogP contribution in [-0.2, 0) is 11.2 Å². The number of Topliss-reactive ketones (excluding diaryl/α,β-unsaturated/α-hetero) is 1. The summed E-state index contributed by atoms with van der Waals surface area (Å²) in [5, 5.41) is 0. The second kappa shape index (κ2) is 7.56. The molecule has 0 aliphatic rings. The van der Waals surface area contributed by atoms with E-state index in [9.17, 15) is 4.79 Å². The molecule has 2 aromatic rings. The van der Waals surface area contributed by atoms with E-state index in [0.29, 0.717) is 6.42 Å². The first-order valence-corrected chi connectivity index (χ1v) is 7.58. The maximum atomic E-state index is 12.3. The quantitative estimate of drug-likeness (QED) is 0.530. The fraction of sp³-hybridized carbons (Fsp3) is 0.190. The van der Waals surface area contributed by atoms with Crippen molar-refractivity contribution in [2.24, 2.45) is 0 Å². The molecule has 22 heavy (non-hydrogen) atoms. The van der Waals surface area contributed by atoms with E-state index in [-0.39, 0.29) is 5.78 Å². The summed E-state index contributed by atoms with van der Waals surface area (Å²) < 4.78 is 0. The van der Waals surface area contributed by atoms with Crippen LogP contribution in [0.4, 0.5) is 0 Å². The molecule has 0 heterocycles. The van der Waals surface area contributed by atoms with Crippen molar-refractivity contribution in [1.29, 1.82) is 0 Å². The minimum absolute atomic E-state index is 0.179. The molecule has 0 amide bonds. The van der Waals surface area contributed by atoms with Gasteiger partial charge in [-0.05, 0) is 54.2 Å². The molecule has 0 saturated heterocycles. The van der Waals surface area contributed by atoms with Crippen molar-refractivity contribution >= 4 is 11.4 Å². The van der Waals surface area contributed by atoms with Gasteiger partial charge in [0, 0.05) is 6.42 Å². The Labute approximate surface area is 133 Å². The average Bonchev–Trinajstić information content (AvgIpc) is 2.53. The van der Waals surface area contributed by atoms with Crippen LogP contribution < -0.4 is 0 Å². The first kappa shape index (κ1) is 16.0. The molecule has 1 heteroatoms. The zero-order chi connectivity index (χ0) is 15.9. The van der Waals surface area contributed by atoms with Gasteiger partial charge in [0.2, 0.25) is 0 Å². The van der Waals surface area contributed by atoms with Gasteiger partial charge in [-0.3, -0.25) is 4.79 Å². The summed E-state index contributed by atoms with van der Waals surface area (Å²) in [6.07, 6.45) is 3.21. The molecule has 0 fully saturated rings. The van der Waals surface area contributed by atoms with Crippen molar-refractivity contribution in [2.75, 3.05) is 0 Å². The molecule has 0 bridgehead atoms. The standard InChI is InChI=1S/C21H22O/c1-16-9-7-8-12-20(16)17(2)15-18(3)21(22)14-13-19-10-5-4-6-11-19/h4-12,15H,2,13-14H2,1,3H3/b18-15+. The first-order chi connectivity index (χ1) is 10.6. The number of ketones is 1. The van der Waals surface area contributed by atoms with Crippen LogP contribution in [0.25, 0.3) is 5.57 Å². The van der Waals surface area contributed by atoms with Gasteiger partial charge in [0.05, 0.1) is 0 Å². The minimum Gasteiger partial charge on any atom is -0.295 e. The lowest BCUT2D eigenvalue weighted by Crippen LogP contribution is -2.02. The van der Waals surface area contributed by atoms with Gasteiger partial charge in [0.1, 0.15) is 0 Å². The van der Waals surface area contributed by atoms with Gasteiger partial charge < -0.3 is 0 Å². The monoisotopic (exact) mass is 290 g/mol. The van der Waals surface area contributed by atoms with Gasteiger partial charge in [-0.25, -0.2) is 0 Å². The van der Waals surface area contributed by atoms with Gasteiger partial charge in [0.25, 0.3) is 0 Å². The molecule has 0 aliphatic heterocycles. The van der Waals surface area contributed by atoms with Gasteiger partial charge in [-0.1, -0.05) is 61.2 Å². The molecule has 0 unspecified atom stereocenters. The fourth-order valence-corrected chi connectivity index (χ4v) is 2.45. The van der Waals surface area contributed by atoms with Crippen LogP contribution in [0.15, 0.2) is 72.8 Å². The van der Waals surface area contributed by atoms with Crippen molar-refractivity contribution in [2.45, 2.75) is 26.7 Å². The molecule has 0 aliphatic carbocycles. The zero-order valence-electron chi connectivity index (χ0n) is 13.3. The van der Waals surface area contributed by atoms with Crippen molar-refractivity contribution in [3.05, 3.63) is 89.5 Å². The number of rotatable bonds is 6. The fourth-order valence-electron chi connectivity index (χ4n) is 2.45. The summed E-state index contributed by atoms with van der Waals surface area (Å²) in [6, 6.07) is 18.2. The molecule has 0 radical (unpaired) electrons. The highest BCUT2D eigenvalue weighted by atomic mass is 16.1. The van der Waals surface area contributed by atoms with Crippen LogP contribution in [0.3, 0.4) is 0 Å². The summed E-state index contributed by atoms with van der Waals surface area (Å²) in [5.74, 6) is 0.179. The number of carbonyl (C=O) groups excluding carboxylic acids is 1. The van der Waals surface area contributed by atoms with Crippen molar-refractivity contribution in [3.8, 4) is 0 Å². The van der Waals surface area contributed by atoms with Gasteiger partial charge in [-0.15, -0.1) is 0 Å². The Hall–Kier alpha value is -2.41. The van der Waals surface area contributed by atoms with Crippen LogP contribution in [0.5, 0.6) is 0 Å². The smallest absolute Gasteiger partial charge is 0.158 e. The van der Waals surface area contributed by atoms with Crippen LogP contribution in [0.2, 0.25) is 0 Å². The Morgan fingerprint density at radius 2 is 1.68 bits per heavy atom. The highest BCUT2D eigenvalue weighted by molar-refractivity contribution is 5.97. The second-order valence-corrected chi connectivity index (χ2v) is 5.58. The highest BCUT2D eigenvalue weighted by Crippen LogP contribution is 2.20. The van der Waals surface area contributed by atoms with E-state index >= 15 is 0 Å². The summed E-state index contributed by atoms with van der Waals surface area (Å²) in [7, 11) is 0. The molecule has 112 valence electrons. The SMILES string of the molecule is C=C(/C=C(\C)C(=O)CCc1ccccc1)c1ccccc1C. The number of allylic oxidation sites excluding steroid dienone is 3. The maximum absolute atomic E-state index is 12.3. The van der Waals surface area contributed by atoms with E-state index in [2.05, 4.69) is 31.7 Å². The lowest BCUT2D eigenvalue weighted by atomic mass is 9.97. The predicted octanol–water partition coefficient (Wildman–Crippen LogP) is 5.16. The molecule has 2 aromatic carbocycles. The Balaban J connectivity index is 2.01. The summed E-state index contributed by atoms with van der Waals surface area (Å²) in [5.41, 5.74) is 5.13. The first-order valence-electron chi connectivity index (χ1n) is 7.58. The third kappa shape index (κ3) is 4.29. The average molecular weight is 290 g/mol. The molecular formula is C21H22O. The van der Waals surface area contributed by atoms with Gasteiger partial charge in [0.15, 0.2) is 5.78 Å². The lowest BCUT2D eigenvalue weighted by molar-refractivity contribution is -0.115. The molecule has 0 saturated carbocycles. The Morgan fingerprint density at radius 3 is 2.36 bits per heavy atom. The largest absolute Gasteiger partial charge is 0.295 e. The number of carbonyl (C=O) groups is 1. The lowest BCUT2D eigenvalue weighted by Gasteiger charge is -2.07. The Kier molecular flexibility index (Phi) is 5.48. The molecule has 0 N–H and O–H groups in total.